The Balaban J connectivity index is 1.58. The van der Waals surface area contributed by atoms with Crippen molar-refractivity contribution in [3.63, 3.8) is 0 Å². The number of carbonyl (C=O) groups is 1. The number of amides is 1. The molecule has 1 aliphatic rings. The van der Waals surface area contributed by atoms with Gasteiger partial charge in [-0.25, -0.2) is 4.79 Å². The number of hydrogen-bond acceptors (Lipinski definition) is 2. The fourth-order valence-electron chi connectivity index (χ4n) is 3.40. The molecule has 5 nitrogen and oxygen atoms in total. The average molecular weight is 387 g/mol. The van der Waals surface area contributed by atoms with Crippen LogP contribution in [0.4, 0.5) is 13.2 Å². The van der Waals surface area contributed by atoms with Crippen molar-refractivity contribution >= 4 is 22.6 Å². The maximum absolute atomic E-state index is 12.9. The lowest BCUT2D eigenvalue weighted by molar-refractivity contribution is -0.137. The third-order valence-electron chi connectivity index (χ3n) is 4.79. The summed E-state index contributed by atoms with van der Waals surface area (Å²) in [6.07, 6.45) is -2.31. The number of benzene rings is 2. The summed E-state index contributed by atoms with van der Waals surface area (Å²) in [5.41, 5.74) is 1.11. The molecule has 0 radical (unpaired) electrons. The molecular weight excluding hydrogens is 371 g/mol. The zero-order valence-corrected chi connectivity index (χ0v) is 14.7. The minimum atomic E-state index is -4.50. The first-order chi connectivity index (χ1) is 13.3. The standard InChI is InChI=1S/C20H16F3N3O2/c21-20(22,23)14-5-3-4-13(12-14)18(27)25-10-8-15(9-11-25)26-17-7-2-1-6-16(17)24-19(26)28/h1-8,12H,9-11H2,(H,24,28). The van der Waals surface area contributed by atoms with Gasteiger partial charge < -0.3 is 9.88 Å². The number of hydrogen-bond donors (Lipinski definition) is 1. The number of para-hydroxylation sites is 2. The van der Waals surface area contributed by atoms with Crippen LogP contribution in [0.15, 0.2) is 59.4 Å². The van der Waals surface area contributed by atoms with Crippen molar-refractivity contribution in [1.29, 1.82) is 0 Å². The number of aromatic amines is 1. The van der Waals surface area contributed by atoms with Gasteiger partial charge in [0.15, 0.2) is 0 Å². The van der Waals surface area contributed by atoms with Crippen LogP contribution in [0.2, 0.25) is 0 Å². The molecule has 0 fully saturated rings. The van der Waals surface area contributed by atoms with Gasteiger partial charge in [0, 0.05) is 30.8 Å². The van der Waals surface area contributed by atoms with E-state index < -0.39 is 17.6 Å². The summed E-state index contributed by atoms with van der Waals surface area (Å²) in [5, 5.41) is 0. The second-order valence-corrected chi connectivity index (χ2v) is 6.56. The Kier molecular flexibility index (Phi) is 4.33. The highest BCUT2D eigenvalue weighted by atomic mass is 19.4. The SMILES string of the molecule is O=C(c1cccc(C(F)(F)F)c1)N1CC=C(n2c(=O)[nH]c3ccccc32)CC1. The molecule has 8 heteroatoms. The quantitative estimate of drug-likeness (QED) is 0.728. The van der Waals surface area contributed by atoms with E-state index in [0.717, 1.165) is 28.9 Å². The van der Waals surface area contributed by atoms with E-state index in [-0.39, 0.29) is 17.8 Å². The Bertz CT molecular complexity index is 1140. The van der Waals surface area contributed by atoms with Crippen molar-refractivity contribution in [2.75, 3.05) is 13.1 Å². The van der Waals surface area contributed by atoms with Gasteiger partial charge in [0.1, 0.15) is 0 Å². The minimum absolute atomic E-state index is 0.00376. The van der Waals surface area contributed by atoms with E-state index >= 15 is 0 Å². The molecule has 1 amide bonds. The predicted octanol–water partition coefficient (Wildman–Crippen LogP) is 3.74. The number of H-pyrrole nitrogens is 1. The lowest BCUT2D eigenvalue weighted by Gasteiger charge is -2.27. The monoisotopic (exact) mass is 387 g/mol. The zero-order valence-electron chi connectivity index (χ0n) is 14.7. The Morgan fingerprint density at radius 1 is 1.07 bits per heavy atom. The number of aromatic nitrogens is 2. The molecule has 28 heavy (non-hydrogen) atoms. The molecule has 1 aliphatic heterocycles. The third kappa shape index (κ3) is 3.21. The molecule has 1 N–H and O–H groups in total. The normalized spacial score (nSPS) is 15.0. The smallest absolute Gasteiger partial charge is 0.334 e. The van der Waals surface area contributed by atoms with E-state index in [9.17, 15) is 22.8 Å². The number of imidazole rings is 1. The van der Waals surface area contributed by atoms with Gasteiger partial charge in [-0.2, -0.15) is 13.2 Å². The van der Waals surface area contributed by atoms with Gasteiger partial charge in [-0.15, -0.1) is 0 Å². The van der Waals surface area contributed by atoms with Crippen LogP contribution >= 0.6 is 0 Å². The molecule has 0 aliphatic carbocycles. The van der Waals surface area contributed by atoms with Crippen LogP contribution in [-0.4, -0.2) is 33.4 Å². The second kappa shape index (κ2) is 6.70. The topological polar surface area (TPSA) is 58.1 Å². The van der Waals surface area contributed by atoms with Crippen molar-refractivity contribution in [2.45, 2.75) is 12.6 Å². The van der Waals surface area contributed by atoms with E-state index in [2.05, 4.69) is 4.98 Å². The maximum Gasteiger partial charge on any atom is 0.416 e. The molecule has 0 saturated heterocycles. The molecule has 0 atom stereocenters. The van der Waals surface area contributed by atoms with Crippen molar-refractivity contribution < 1.29 is 18.0 Å². The fourth-order valence-corrected chi connectivity index (χ4v) is 3.40. The van der Waals surface area contributed by atoms with E-state index in [1.807, 2.05) is 18.2 Å². The van der Waals surface area contributed by atoms with E-state index in [1.54, 1.807) is 16.7 Å². The first-order valence-corrected chi connectivity index (χ1v) is 8.70. The fraction of sp³-hybridized carbons (Fsp3) is 0.200. The highest BCUT2D eigenvalue weighted by Crippen LogP contribution is 2.30. The van der Waals surface area contributed by atoms with Crippen LogP contribution in [0.3, 0.4) is 0 Å². The van der Waals surface area contributed by atoms with E-state index in [4.69, 9.17) is 0 Å². The molecule has 3 aromatic rings. The summed E-state index contributed by atoms with van der Waals surface area (Å²) in [6, 6.07) is 11.7. The van der Waals surface area contributed by atoms with Gasteiger partial charge in [0.25, 0.3) is 5.91 Å². The number of rotatable bonds is 2. The summed E-state index contributed by atoms with van der Waals surface area (Å²) in [7, 11) is 0. The van der Waals surface area contributed by atoms with Crippen LogP contribution in [0, 0.1) is 0 Å². The predicted molar refractivity (Wildman–Crippen MR) is 98.8 cm³/mol. The number of halogens is 3. The zero-order chi connectivity index (χ0) is 19.9. The molecule has 2 aromatic carbocycles. The Morgan fingerprint density at radius 2 is 1.86 bits per heavy atom. The summed E-state index contributed by atoms with van der Waals surface area (Å²) >= 11 is 0. The molecule has 0 unspecified atom stereocenters. The molecule has 2 heterocycles. The first kappa shape index (κ1) is 18.1. The lowest BCUT2D eigenvalue weighted by Crippen LogP contribution is -2.36. The van der Waals surface area contributed by atoms with Crippen LogP contribution in [0.5, 0.6) is 0 Å². The molecular formula is C20H16F3N3O2. The highest BCUT2D eigenvalue weighted by Gasteiger charge is 2.31. The number of alkyl halides is 3. The molecule has 0 spiro atoms. The number of carbonyl (C=O) groups excluding carboxylic acids is 1. The Hall–Kier alpha value is -3.29. The van der Waals surface area contributed by atoms with E-state index in [1.165, 1.54) is 17.0 Å². The van der Waals surface area contributed by atoms with Crippen LogP contribution in [0.25, 0.3) is 16.7 Å². The van der Waals surface area contributed by atoms with Gasteiger partial charge in [-0.1, -0.05) is 18.2 Å². The van der Waals surface area contributed by atoms with Gasteiger partial charge in [0.2, 0.25) is 0 Å². The third-order valence-corrected chi connectivity index (χ3v) is 4.79. The molecule has 1 aromatic heterocycles. The van der Waals surface area contributed by atoms with Crippen molar-refractivity contribution in [3.05, 3.63) is 76.2 Å². The summed E-state index contributed by atoms with van der Waals surface area (Å²) in [5.74, 6) is -0.465. The highest BCUT2D eigenvalue weighted by molar-refractivity contribution is 5.95. The van der Waals surface area contributed by atoms with Gasteiger partial charge in [0.05, 0.1) is 16.6 Å². The van der Waals surface area contributed by atoms with Crippen LogP contribution in [0.1, 0.15) is 22.3 Å². The van der Waals surface area contributed by atoms with Gasteiger partial charge in [-0.3, -0.25) is 9.36 Å². The van der Waals surface area contributed by atoms with Crippen molar-refractivity contribution in [2.24, 2.45) is 0 Å². The number of fused-ring (bicyclic) bond motifs is 1. The Morgan fingerprint density at radius 3 is 2.57 bits per heavy atom. The second-order valence-electron chi connectivity index (χ2n) is 6.56. The van der Waals surface area contributed by atoms with Crippen LogP contribution < -0.4 is 5.69 Å². The molecule has 144 valence electrons. The Labute approximate surface area is 157 Å². The van der Waals surface area contributed by atoms with Gasteiger partial charge in [-0.05, 0) is 36.4 Å². The molecule has 0 saturated carbocycles. The molecule has 0 bridgehead atoms. The summed E-state index contributed by atoms with van der Waals surface area (Å²) < 4.78 is 40.2. The average Bonchev–Trinajstić information content (AvgIpc) is 3.03. The van der Waals surface area contributed by atoms with Crippen LogP contribution in [-0.2, 0) is 6.18 Å². The number of nitrogens with zero attached hydrogens (tertiary/aromatic N) is 2. The summed E-state index contributed by atoms with van der Waals surface area (Å²) in [4.78, 5) is 29.1. The number of nitrogens with one attached hydrogen (secondary N) is 1. The van der Waals surface area contributed by atoms with Crippen molar-refractivity contribution in [1.82, 2.24) is 14.5 Å². The maximum atomic E-state index is 12.9. The summed E-state index contributed by atoms with van der Waals surface area (Å²) in [6.45, 7) is 0.531. The lowest BCUT2D eigenvalue weighted by atomic mass is 10.1. The first-order valence-electron chi connectivity index (χ1n) is 8.70. The van der Waals surface area contributed by atoms with Gasteiger partial charge >= 0.3 is 11.9 Å². The minimum Gasteiger partial charge on any atom is -0.334 e. The molecule has 4 rings (SSSR count). The van der Waals surface area contributed by atoms with E-state index in [0.29, 0.717) is 13.0 Å². The van der Waals surface area contributed by atoms with Crippen molar-refractivity contribution in [3.8, 4) is 0 Å². The largest absolute Gasteiger partial charge is 0.416 e.